The van der Waals surface area contributed by atoms with Gasteiger partial charge in [-0.05, 0) is 23.1 Å². The molecule has 0 aliphatic carbocycles. The van der Waals surface area contributed by atoms with Gasteiger partial charge in [0.15, 0.2) is 0 Å². The van der Waals surface area contributed by atoms with E-state index in [-0.39, 0.29) is 42.8 Å². The van der Waals surface area contributed by atoms with Crippen molar-refractivity contribution < 1.29 is 19.4 Å². The summed E-state index contributed by atoms with van der Waals surface area (Å²) in [6.07, 6.45) is -0.500. The second-order valence-electron chi connectivity index (χ2n) is 7.11. The summed E-state index contributed by atoms with van der Waals surface area (Å²) in [4.78, 5) is 23.9. The third-order valence-electron chi connectivity index (χ3n) is 4.05. The van der Waals surface area contributed by atoms with E-state index >= 15 is 0 Å². The van der Waals surface area contributed by atoms with E-state index in [1.54, 1.807) is 12.1 Å². The van der Waals surface area contributed by atoms with E-state index < -0.39 is 6.10 Å². The van der Waals surface area contributed by atoms with Crippen LogP contribution in [-0.4, -0.2) is 48.8 Å². The molecule has 1 aromatic carbocycles. The minimum atomic E-state index is -0.662. The Hall–Kier alpha value is -1.92. The van der Waals surface area contributed by atoms with Gasteiger partial charge in [-0.2, -0.15) is 0 Å². The first-order chi connectivity index (χ1) is 11.3. The van der Waals surface area contributed by atoms with Crippen LogP contribution < -0.4 is 10.6 Å². The van der Waals surface area contributed by atoms with Gasteiger partial charge >= 0.3 is 0 Å². The Balaban J connectivity index is 1.75. The lowest BCUT2D eigenvalue weighted by molar-refractivity contribution is -0.122. The van der Waals surface area contributed by atoms with Crippen LogP contribution in [-0.2, 0) is 14.9 Å². The van der Waals surface area contributed by atoms with Gasteiger partial charge in [0.05, 0.1) is 25.4 Å². The molecule has 1 fully saturated rings. The van der Waals surface area contributed by atoms with E-state index in [2.05, 4.69) is 31.4 Å². The Morgan fingerprint density at radius 3 is 2.42 bits per heavy atom. The Morgan fingerprint density at radius 1 is 1.21 bits per heavy atom. The fourth-order valence-corrected chi connectivity index (χ4v) is 2.47. The van der Waals surface area contributed by atoms with Crippen molar-refractivity contribution in [2.45, 2.75) is 44.8 Å². The number of carbonyl (C=O) groups excluding carboxylic acids is 2. The van der Waals surface area contributed by atoms with Gasteiger partial charge in [0, 0.05) is 18.5 Å². The summed E-state index contributed by atoms with van der Waals surface area (Å²) >= 11 is 0. The Bertz CT molecular complexity index is 578. The smallest absolute Gasteiger partial charge is 0.251 e. The molecular weight excluding hydrogens is 308 g/mol. The molecule has 2 atom stereocenters. The highest BCUT2D eigenvalue weighted by atomic mass is 16.5. The van der Waals surface area contributed by atoms with Crippen LogP contribution in [0.15, 0.2) is 24.3 Å². The lowest BCUT2D eigenvalue weighted by Gasteiger charge is -2.19. The third kappa shape index (κ3) is 5.04. The number of carbonyl (C=O) groups is 2. The second-order valence-corrected chi connectivity index (χ2v) is 7.11. The van der Waals surface area contributed by atoms with Crippen molar-refractivity contribution in [3.63, 3.8) is 0 Å². The molecule has 0 spiro atoms. The van der Waals surface area contributed by atoms with Crippen LogP contribution in [0.3, 0.4) is 0 Å². The monoisotopic (exact) mass is 334 g/mol. The van der Waals surface area contributed by atoms with Crippen molar-refractivity contribution in [1.82, 2.24) is 10.6 Å². The molecule has 0 saturated carbocycles. The summed E-state index contributed by atoms with van der Waals surface area (Å²) in [6.45, 7) is 7.16. The molecule has 0 aromatic heterocycles. The fraction of sp³-hybridized carbons (Fsp3) is 0.556. The molecule has 0 unspecified atom stereocenters. The molecule has 24 heavy (non-hydrogen) atoms. The van der Waals surface area contributed by atoms with E-state index in [0.717, 1.165) is 5.56 Å². The SMILES string of the molecule is CC(C)(C)c1ccc(C(=O)NCCC(=O)N[C@@H]2COC[C@@H]2O)cc1. The minimum absolute atomic E-state index is 0.0433. The topological polar surface area (TPSA) is 87.7 Å². The molecule has 1 aliphatic heterocycles. The van der Waals surface area contributed by atoms with Crippen molar-refractivity contribution in [3.8, 4) is 0 Å². The van der Waals surface area contributed by atoms with Crippen LogP contribution in [0.2, 0.25) is 0 Å². The Morgan fingerprint density at radius 2 is 1.88 bits per heavy atom. The van der Waals surface area contributed by atoms with Crippen molar-refractivity contribution in [2.75, 3.05) is 19.8 Å². The number of amides is 2. The Labute approximate surface area is 142 Å². The van der Waals surface area contributed by atoms with Crippen molar-refractivity contribution in [1.29, 1.82) is 0 Å². The number of hydrogen-bond donors (Lipinski definition) is 3. The lowest BCUT2D eigenvalue weighted by Crippen LogP contribution is -2.43. The summed E-state index contributed by atoms with van der Waals surface area (Å²) in [7, 11) is 0. The number of nitrogens with one attached hydrogen (secondary N) is 2. The van der Waals surface area contributed by atoms with Gasteiger partial charge in [0.2, 0.25) is 5.91 Å². The van der Waals surface area contributed by atoms with Crippen molar-refractivity contribution >= 4 is 11.8 Å². The van der Waals surface area contributed by atoms with Crippen LogP contribution in [0.1, 0.15) is 43.1 Å². The highest BCUT2D eigenvalue weighted by Gasteiger charge is 2.27. The van der Waals surface area contributed by atoms with Gasteiger partial charge in [-0.3, -0.25) is 9.59 Å². The first kappa shape index (κ1) is 18.4. The van der Waals surface area contributed by atoms with Gasteiger partial charge in [-0.25, -0.2) is 0 Å². The maximum atomic E-state index is 12.1. The molecule has 1 aliphatic rings. The second kappa shape index (κ2) is 7.77. The largest absolute Gasteiger partial charge is 0.388 e. The fourth-order valence-electron chi connectivity index (χ4n) is 2.47. The first-order valence-corrected chi connectivity index (χ1v) is 8.21. The summed E-state index contributed by atoms with van der Waals surface area (Å²) in [6, 6.07) is 7.12. The van der Waals surface area contributed by atoms with E-state index in [1.165, 1.54) is 0 Å². The van der Waals surface area contributed by atoms with E-state index in [4.69, 9.17) is 4.74 Å². The van der Waals surface area contributed by atoms with Gasteiger partial charge in [0.25, 0.3) is 5.91 Å². The molecule has 1 saturated heterocycles. The average molecular weight is 334 g/mol. The third-order valence-corrected chi connectivity index (χ3v) is 4.05. The van der Waals surface area contributed by atoms with Gasteiger partial charge in [-0.1, -0.05) is 32.9 Å². The maximum absolute atomic E-state index is 12.1. The molecule has 132 valence electrons. The van der Waals surface area contributed by atoms with Crippen LogP contribution in [0.4, 0.5) is 0 Å². The summed E-state index contributed by atoms with van der Waals surface area (Å²) in [5.41, 5.74) is 1.78. The number of ether oxygens (including phenoxy) is 1. The molecule has 1 heterocycles. The molecule has 2 rings (SSSR count). The van der Waals surface area contributed by atoms with Crippen LogP contribution in [0, 0.1) is 0 Å². The average Bonchev–Trinajstić information content (AvgIpc) is 2.91. The number of rotatable bonds is 5. The van der Waals surface area contributed by atoms with Gasteiger partial charge in [-0.15, -0.1) is 0 Å². The number of aliphatic hydroxyl groups is 1. The Kier molecular flexibility index (Phi) is 5.96. The lowest BCUT2D eigenvalue weighted by atomic mass is 9.87. The van der Waals surface area contributed by atoms with E-state index in [0.29, 0.717) is 12.2 Å². The zero-order valence-electron chi connectivity index (χ0n) is 14.5. The number of hydrogen-bond acceptors (Lipinski definition) is 4. The maximum Gasteiger partial charge on any atom is 0.251 e. The van der Waals surface area contributed by atoms with Crippen molar-refractivity contribution in [2.24, 2.45) is 0 Å². The molecule has 6 heteroatoms. The summed E-state index contributed by atoms with van der Waals surface area (Å²) < 4.78 is 5.07. The molecule has 0 bridgehead atoms. The highest BCUT2D eigenvalue weighted by Crippen LogP contribution is 2.22. The summed E-state index contributed by atoms with van der Waals surface area (Å²) in [5.74, 6) is -0.416. The van der Waals surface area contributed by atoms with Gasteiger partial charge < -0.3 is 20.5 Å². The van der Waals surface area contributed by atoms with Crippen molar-refractivity contribution in [3.05, 3.63) is 35.4 Å². The quantitative estimate of drug-likeness (QED) is 0.749. The summed E-state index contributed by atoms with van der Waals surface area (Å²) in [5, 5.41) is 15.0. The first-order valence-electron chi connectivity index (χ1n) is 8.21. The van der Waals surface area contributed by atoms with E-state index in [9.17, 15) is 14.7 Å². The highest BCUT2D eigenvalue weighted by molar-refractivity contribution is 5.94. The zero-order chi connectivity index (χ0) is 17.7. The standard InChI is InChI=1S/C18H26N2O4/c1-18(2,3)13-6-4-12(5-7-13)17(23)19-9-8-16(22)20-14-10-24-11-15(14)21/h4-7,14-15,21H,8-11H2,1-3H3,(H,19,23)(H,20,22)/t14-,15+/m1/s1. The molecule has 6 nitrogen and oxygen atoms in total. The van der Waals surface area contributed by atoms with Gasteiger partial charge in [0.1, 0.15) is 0 Å². The predicted octanol–water partition coefficient (Wildman–Crippen LogP) is 0.980. The normalized spacial score (nSPS) is 20.7. The number of benzene rings is 1. The van der Waals surface area contributed by atoms with E-state index in [1.807, 2.05) is 12.1 Å². The molecule has 3 N–H and O–H groups in total. The predicted molar refractivity (Wildman–Crippen MR) is 90.8 cm³/mol. The van der Waals surface area contributed by atoms with Crippen LogP contribution in [0.5, 0.6) is 0 Å². The minimum Gasteiger partial charge on any atom is -0.388 e. The van der Waals surface area contributed by atoms with Crippen LogP contribution >= 0.6 is 0 Å². The van der Waals surface area contributed by atoms with Crippen LogP contribution in [0.25, 0.3) is 0 Å². The zero-order valence-corrected chi connectivity index (χ0v) is 14.5. The molecular formula is C18H26N2O4. The number of aliphatic hydroxyl groups excluding tert-OH is 1. The molecule has 1 aromatic rings. The molecule has 2 amide bonds. The molecule has 0 radical (unpaired) electrons.